The van der Waals surface area contributed by atoms with E-state index < -0.39 is 0 Å². The van der Waals surface area contributed by atoms with Crippen LogP contribution in [-0.2, 0) is 6.67 Å². The quantitative estimate of drug-likeness (QED) is 0.562. The van der Waals surface area contributed by atoms with Crippen LogP contribution in [0.1, 0.15) is 6.42 Å². The number of hydrogen-bond donors (Lipinski definition) is 0. The molecule has 1 saturated heterocycles. The second-order valence-corrected chi connectivity index (χ2v) is 5.77. The Kier molecular flexibility index (Phi) is 2.21. The molecule has 3 heterocycles. The maximum atomic E-state index is 4.86. The van der Waals surface area contributed by atoms with Gasteiger partial charge in [-0.2, -0.15) is 0 Å². The number of aromatic nitrogens is 3. The van der Waals surface area contributed by atoms with Gasteiger partial charge in [0.2, 0.25) is 5.78 Å². The maximum absolute atomic E-state index is 4.86. The molecule has 104 valence electrons. The summed E-state index contributed by atoms with van der Waals surface area (Å²) in [5.41, 5.74) is 4.75. The van der Waals surface area contributed by atoms with Gasteiger partial charge in [0.1, 0.15) is 0 Å². The fourth-order valence-electron chi connectivity index (χ4n) is 3.28. The number of hydrogen-bond acceptors (Lipinski definition) is 2. The number of benzene rings is 2. The van der Waals surface area contributed by atoms with E-state index in [-0.39, 0.29) is 0 Å². The minimum Gasteiger partial charge on any atom is -0.296 e. The van der Waals surface area contributed by atoms with E-state index in [2.05, 4.69) is 62.4 Å². The second-order valence-electron chi connectivity index (χ2n) is 5.77. The van der Waals surface area contributed by atoms with Gasteiger partial charge in [-0.05, 0) is 30.7 Å². The van der Waals surface area contributed by atoms with E-state index in [9.17, 15) is 0 Å². The van der Waals surface area contributed by atoms with Crippen LogP contribution in [0.15, 0.2) is 48.5 Å². The van der Waals surface area contributed by atoms with Crippen molar-refractivity contribution < 1.29 is 0 Å². The monoisotopic (exact) mass is 276 g/mol. The topological polar surface area (TPSA) is 25.5 Å². The van der Waals surface area contributed by atoms with Crippen LogP contribution in [0.4, 0.5) is 0 Å². The number of likely N-dealkylation sites (tertiary alicyclic amines) is 1. The molecule has 1 aliphatic rings. The van der Waals surface area contributed by atoms with Crippen molar-refractivity contribution in [2.24, 2.45) is 0 Å². The fourth-order valence-corrected chi connectivity index (χ4v) is 3.28. The van der Waals surface area contributed by atoms with E-state index in [0.29, 0.717) is 0 Å². The maximum Gasteiger partial charge on any atom is 0.217 e. The average molecular weight is 276 g/mol. The third kappa shape index (κ3) is 1.51. The molecular weight excluding hydrogens is 260 g/mol. The highest BCUT2D eigenvalue weighted by molar-refractivity contribution is 5.90. The molecule has 5 rings (SSSR count). The number of fused-ring (bicyclic) bond motifs is 5. The third-order valence-electron chi connectivity index (χ3n) is 4.49. The molecular formula is C17H16N4. The first-order chi connectivity index (χ1) is 10.4. The summed E-state index contributed by atoms with van der Waals surface area (Å²) < 4.78 is 4.62. The Balaban J connectivity index is 1.89. The number of rotatable bonds is 2. The summed E-state index contributed by atoms with van der Waals surface area (Å²) in [7, 11) is 0. The zero-order chi connectivity index (χ0) is 13.8. The first kappa shape index (κ1) is 11.3. The van der Waals surface area contributed by atoms with Gasteiger partial charge in [-0.1, -0.05) is 24.3 Å². The minimum atomic E-state index is 0.931. The van der Waals surface area contributed by atoms with Crippen LogP contribution in [0.3, 0.4) is 0 Å². The van der Waals surface area contributed by atoms with Gasteiger partial charge in [0.05, 0.1) is 28.7 Å². The SMILES string of the molecule is c1ccc2c(c1)nc1n(CN3CCC3)c3ccccc3n21. The van der Waals surface area contributed by atoms with Crippen LogP contribution in [0.25, 0.3) is 27.8 Å². The predicted octanol–water partition coefficient (Wildman–Crippen LogP) is 3.11. The van der Waals surface area contributed by atoms with Gasteiger partial charge < -0.3 is 0 Å². The Morgan fingerprint density at radius 2 is 1.57 bits per heavy atom. The smallest absolute Gasteiger partial charge is 0.217 e. The highest BCUT2D eigenvalue weighted by Crippen LogP contribution is 2.26. The van der Waals surface area contributed by atoms with Crippen molar-refractivity contribution in [1.82, 2.24) is 18.9 Å². The molecule has 0 N–H and O–H groups in total. The molecule has 0 amide bonds. The first-order valence-corrected chi connectivity index (χ1v) is 7.48. The zero-order valence-electron chi connectivity index (χ0n) is 11.7. The second kappa shape index (κ2) is 4.09. The lowest BCUT2D eigenvalue weighted by Crippen LogP contribution is -2.38. The van der Waals surface area contributed by atoms with Gasteiger partial charge in [0.25, 0.3) is 0 Å². The third-order valence-corrected chi connectivity index (χ3v) is 4.49. The van der Waals surface area contributed by atoms with Gasteiger partial charge in [-0.25, -0.2) is 4.98 Å². The Bertz CT molecular complexity index is 959. The van der Waals surface area contributed by atoms with Crippen LogP contribution >= 0.6 is 0 Å². The molecule has 1 aliphatic heterocycles. The molecule has 0 radical (unpaired) electrons. The van der Waals surface area contributed by atoms with Gasteiger partial charge >= 0.3 is 0 Å². The highest BCUT2D eigenvalue weighted by atomic mass is 15.3. The van der Waals surface area contributed by atoms with Gasteiger partial charge in [-0.15, -0.1) is 0 Å². The van der Waals surface area contributed by atoms with Crippen molar-refractivity contribution >= 4 is 27.8 Å². The van der Waals surface area contributed by atoms with E-state index in [4.69, 9.17) is 4.98 Å². The fraction of sp³-hybridized carbons (Fsp3) is 0.235. The summed E-state index contributed by atoms with van der Waals surface area (Å²) >= 11 is 0. The summed E-state index contributed by atoms with van der Waals surface area (Å²) in [4.78, 5) is 7.33. The molecule has 4 nitrogen and oxygen atoms in total. The van der Waals surface area contributed by atoms with Crippen molar-refractivity contribution in [1.29, 1.82) is 0 Å². The Morgan fingerprint density at radius 1 is 0.857 bits per heavy atom. The van der Waals surface area contributed by atoms with Crippen LogP contribution in [-0.4, -0.2) is 31.9 Å². The van der Waals surface area contributed by atoms with Gasteiger partial charge in [0.15, 0.2) is 0 Å². The molecule has 0 atom stereocenters. The first-order valence-electron chi connectivity index (χ1n) is 7.48. The average Bonchev–Trinajstić information content (AvgIpc) is 2.98. The van der Waals surface area contributed by atoms with E-state index in [1.54, 1.807) is 0 Å². The number of imidazole rings is 2. The largest absolute Gasteiger partial charge is 0.296 e. The Morgan fingerprint density at radius 3 is 2.33 bits per heavy atom. The Labute approximate surface area is 122 Å². The lowest BCUT2D eigenvalue weighted by molar-refractivity contribution is 0.141. The van der Waals surface area contributed by atoms with Crippen molar-refractivity contribution in [3.63, 3.8) is 0 Å². The zero-order valence-corrected chi connectivity index (χ0v) is 11.7. The summed E-state index contributed by atoms with van der Waals surface area (Å²) in [5.74, 6) is 1.05. The van der Waals surface area contributed by atoms with Crippen molar-refractivity contribution in [3.05, 3.63) is 48.5 Å². The van der Waals surface area contributed by atoms with Crippen molar-refractivity contribution in [2.75, 3.05) is 13.1 Å². The van der Waals surface area contributed by atoms with Crippen molar-refractivity contribution in [2.45, 2.75) is 13.1 Å². The van der Waals surface area contributed by atoms with Gasteiger partial charge in [0, 0.05) is 13.1 Å². The van der Waals surface area contributed by atoms with E-state index in [0.717, 1.165) is 18.0 Å². The lowest BCUT2D eigenvalue weighted by Gasteiger charge is -2.31. The number of para-hydroxylation sites is 4. The Hall–Kier alpha value is -2.33. The van der Waals surface area contributed by atoms with Crippen molar-refractivity contribution in [3.8, 4) is 0 Å². The van der Waals surface area contributed by atoms with E-state index in [1.807, 2.05) is 0 Å². The summed E-state index contributed by atoms with van der Waals surface area (Å²) in [6.07, 6.45) is 1.31. The van der Waals surface area contributed by atoms with Crippen LogP contribution in [0.2, 0.25) is 0 Å². The van der Waals surface area contributed by atoms with E-state index >= 15 is 0 Å². The predicted molar refractivity (Wildman–Crippen MR) is 84.4 cm³/mol. The minimum absolute atomic E-state index is 0.931. The molecule has 0 unspecified atom stereocenters. The molecule has 0 saturated carbocycles. The van der Waals surface area contributed by atoms with Crippen LogP contribution < -0.4 is 0 Å². The molecule has 0 bridgehead atoms. The molecule has 0 aliphatic carbocycles. The normalized spacial score (nSPS) is 16.0. The van der Waals surface area contributed by atoms with Gasteiger partial charge in [-0.3, -0.25) is 13.9 Å². The van der Waals surface area contributed by atoms with Crippen LogP contribution in [0.5, 0.6) is 0 Å². The molecule has 4 aromatic rings. The molecule has 21 heavy (non-hydrogen) atoms. The standard InChI is InChI=1S/C17H16N4/c1-2-7-14-13(6-1)18-17-20(12-19-10-5-11-19)15-8-3-4-9-16(15)21(14)17/h1-4,6-9H,5,10-12H2. The molecule has 1 fully saturated rings. The summed E-state index contributed by atoms with van der Waals surface area (Å²) in [6.45, 7) is 3.32. The summed E-state index contributed by atoms with van der Waals surface area (Å²) in [6, 6.07) is 17.0. The lowest BCUT2D eigenvalue weighted by atomic mass is 10.2. The highest BCUT2D eigenvalue weighted by Gasteiger charge is 2.19. The molecule has 2 aromatic heterocycles. The molecule has 0 spiro atoms. The molecule has 4 heteroatoms. The molecule has 2 aromatic carbocycles. The van der Waals surface area contributed by atoms with Crippen LogP contribution in [0, 0.1) is 0 Å². The van der Waals surface area contributed by atoms with E-state index in [1.165, 1.54) is 36.1 Å². The number of nitrogens with zero attached hydrogens (tertiary/aromatic N) is 4. The summed E-state index contributed by atoms with van der Waals surface area (Å²) in [5, 5.41) is 0.